The van der Waals surface area contributed by atoms with E-state index in [9.17, 15) is 4.79 Å². The average molecular weight is 467 g/mol. The fourth-order valence-corrected chi connectivity index (χ4v) is 4.11. The van der Waals surface area contributed by atoms with Crippen molar-refractivity contribution in [2.45, 2.75) is 26.2 Å². The van der Waals surface area contributed by atoms with Crippen LogP contribution in [0.3, 0.4) is 0 Å². The second kappa shape index (κ2) is 8.52. The Balaban J connectivity index is 1.19. The molecule has 3 aromatic rings. The molecule has 1 amide bonds. The van der Waals surface area contributed by atoms with Crippen LogP contribution < -0.4 is 9.64 Å². The zero-order chi connectivity index (χ0) is 23.0. The van der Waals surface area contributed by atoms with Crippen molar-refractivity contribution in [3.63, 3.8) is 0 Å². The lowest BCUT2D eigenvalue weighted by molar-refractivity contribution is 0.0744. The number of aromatic nitrogens is 3. The van der Waals surface area contributed by atoms with Gasteiger partial charge in [0.05, 0.1) is 18.2 Å². The predicted molar refractivity (Wildman–Crippen MR) is 121 cm³/mol. The van der Waals surface area contributed by atoms with Gasteiger partial charge in [0.25, 0.3) is 11.9 Å². The molecule has 1 aliphatic carbocycles. The van der Waals surface area contributed by atoms with Crippen LogP contribution >= 0.6 is 11.6 Å². The Morgan fingerprint density at radius 3 is 2.76 bits per heavy atom. The molecule has 33 heavy (non-hydrogen) atoms. The first-order valence-electron chi connectivity index (χ1n) is 10.9. The molecule has 0 N–H and O–H groups in total. The van der Waals surface area contributed by atoms with Gasteiger partial charge in [0.2, 0.25) is 11.5 Å². The van der Waals surface area contributed by atoms with Crippen LogP contribution in [0.15, 0.2) is 28.8 Å². The van der Waals surface area contributed by atoms with Gasteiger partial charge in [-0.2, -0.15) is 10.2 Å². The van der Waals surface area contributed by atoms with Crippen LogP contribution in [0, 0.1) is 23.7 Å². The van der Waals surface area contributed by atoms with Gasteiger partial charge in [0.15, 0.2) is 5.58 Å². The summed E-state index contributed by atoms with van der Waals surface area (Å²) in [6, 6.07) is 7.94. The van der Waals surface area contributed by atoms with Crippen LogP contribution in [0.25, 0.3) is 11.2 Å². The van der Waals surface area contributed by atoms with Crippen LogP contribution in [0.5, 0.6) is 5.88 Å². The summed E-state index contributed by atoms with van der Waals surface area (Å²) in [5.41, 5.74) is 2.38. The van der Waals surface area contributed by atoms with Gasteiger partial charge in [-0.05, 0) is 38.0 Å². The summed E-state index contributed by atoms with van der Waals surface area (Å²) < 4.78 is 11.7. The molecular formula is C23H23ClN6O3. The quantitative estimate of drug-likeness (QED) is 0.507. The SMILES string of the molecule is Cc1cc(C(=O)N2CCN(c3nc4nc(Cl)ccc4o3)CC2)cnc1OCC1(CC#N)CC1. The van der Waals surface area contributed by atoms with Crippen LogP contribution in [0.4, 0.5) is 6.01 Å². The summed E-state index contributed by atoms with van der Waals surface area (Å²) in [6.07, 6.45) is 4.09. The minimum Gasteiger partial charge on any atom is -0.477 e. The molecule has 0 unspecified atom stereocenters. The lowest BCUT2D eigenvalue weighted by Gasteiger charge is -2.33. The molecular weight excluding hydrogens is 444 g/mol. The molecule has 2 aliphatic rings. The van der Waals surface area contributed by atoms with Gasteiger partial charge in [0.1, 0.15) is 5.15 Å². The first-order chi connectivity index (χ1) is 16.0. The molecule has 9 nitrogen and oxygen atoms in total. The molecule has 1 saturated carbocycles. The van der Waals surface area contributed by atoms with E-state index in [1.807, 2.05) is 17.9 Å². The average Bonchev–Trinajstić information content (AvgIpc) is 3.45. The number of oxazole rings is 1. The number of hydrogen-bond donors (Lipinski definition) is 0. The Morgan fingerprint density at radius 2 is 2.06 bits per heavy atom. The number of aryl methyl sites for hydroxylation is 1. The number of pyridine rings is 2. The number of amides is 1. The highest BCUT2D eigenvalue weighted by atomic mass is 35.5. The van der Waals surface area contributed by atoms with Crippen LogP contribution in [-0.2, 0) is 0 Å². The van der Waals surface area contributed by atoms with Gasteiger partial charge in [-0.25, -0.2) is 9.97 Å². The summed E-state index contributed by atoms with van der Waals surface area (Å²) in [4.78, 5) is 29.8. The van der Waals surface area contributed by atoms with Gasteiger partial charge >= 0.3 is 0 Å². The fraction of sp³-hybridized carbons (Fsp3) is 0.435. The lowest BCUT2D eigenvalue weighted by Crippen LogP contribution is -2.49. The molecule has 10 heteroatoms. The molecule has 0 spiro atoms. The van der Waals surface area contributed by atoms with Crippen molar-refractivity contribution in [1.82, 2.24) is 19.9 Å². The van der Waals surface area contributed by atoms with Crippen LogP contribution in [0.1, 0.15) is 35.2 Å². The Labute approximate surface area is 195 Å². The van der Waals surface area contributed by atoms with E-state index in [1.54, 1.807) is 23.2 Å². The van der Waals surface area contributed by atoms with Gasteiger partial charge in [-0.1, -0.05) is 11.6 Å². The first-order valence-corrected chi connectivity index (χ1v) is 11.3. The third-order valence-corrected chi connectivity index (χ3v) is 6.46. The highest BCUT2D eigenvalue weighted by molar-refractivity contribution is 6.29. The highest BCUT2D eigenvalue weighted by Gasteiger charge is 2.43. The van der Waals surface area contributed by atoms with E-state index in [0.717, 1.165) is 18.4 Å². The number of fused-ring (bicyclic) bond motifs is 1. The van der Waals surface area contributed by atoms with Crippen molar-refractivity contribution in [2.24, 2.45) is 5.41 Å². The number of nitrogens with zero attached hydrogens (tertiary/aromatic N) is 6. The zero-order valence-electron chi connectivity index (χ0n) is 18.3. The van der Waals surface area contributed by atoms with Crippen molar-refractivity contribution in [3.05, 3.63) is 40.7 Å². The van der Waals surface area contributed by atoms with Crippen LogP contribution in [0.2, 0.25) is 5.15 Å². The Morgan fingerprint density at radius 1 is 1.27 bits per heavy atom. The number of carbonyl (C=O) groups excluding carboxylic acids is 1. The summed E-state index contributed by atoms with van der Waals surface area (Å²) in [6.45, 7) is 4.65. The van der Waals surface area contributed by atoms with Crippen molar-refractivity contribution >= 4 is 34.8 Å². The van der Waals surface area contributed by atoms with Gasteiger partial charge in [-0.3, -0.25) is 4.79 Å². The molecule has 5 rings (SSSR count). The number of piperazine rings is 1. The molecule has 1 aliphatic heterocycles. The second-order valence-corrected chi connectivity index (χ2v) is 9.09. The largest absolute Gasteiger partial charge is 0.477 e. The number of hydrogen-bond acceptors (Lipinski definition) is 8. The van der Waals surface area contributed by atoms with E-state index in [0.29, 0.717) is 73.0 Å². The second-order valence-electron chi connectivity index (χ2n) is 8.70. The minimum absolute atomic E-state index is 0.0198. The topological polar surface area (TPSA) is 108 Å². The maximum absolute atomic E-state index is 13.0. The number of rotatable bonds is 6. The van der Waals surface area contributed by atoms with Gasteiger partial charge in [0, 0.05) is 49.8 Å². The number of carbonyl (C=O) groups is 1. The Hall–Kier alpha value is -3.38. The first kappa shape index (κ1) is 21.5. The summed E-state index contributed by atoms with van der Waals surface area (Å²) >= 11 is 5.92. The standard InChI is InChI=1S/C23H23ClN6O3/c1-15-12-16(13-26-20(15)32-14-23(4-5-23)6-7-25)21(31)29-8-10-30(11-9-29)22-28-19-17(33-22)2-3-18(24)27-19/h2-3,12-13H,4-6,8-11,14H2,1H3. The molecule has 0 radical (unpaired) electrons. The third kappa shape index (κ3) is 4.44. The molecule has 4 heterocycles. The third-order valence-electron chi connectivity index (χ3n) is 6.25. The monoisotopic (exact) mass is 466 g/mol. The van der Waals surface area contributed by atoms with Gasteiger partial charge in [-0.15, -0.1) is 0 Å². The summed E-state index contributed by atoms with van der Waals surface area (Å²) in [5, 5.41) is 9.32. The molecule has 3 aromatic heterocycles. The predicted octanol–water partition coefficient (Wildman–Crippen LogP) is 3.61. The zero-order valence-corrected chi connectivity index (χ0v) is 19.0. The van der Waals surface area contributed by atoms with E-state index in [-0.39, 0.29) is 11.3 Å². The highest BCUT2D eigenvalue weighted by Crippen LogP contribution is 2.48. The smallest absolute Gasteiger partial charge is 0.300 e. The summed E-state index contributed by atoms with van der Waals surface area (Å²) in [7, 11) is 0. The molecule has 170 valence electrons. The van der Waals surface area contributed by atoms with E-state index >= 15 is 0 Å². The number of anilines is 1. The molecule has 0 aromatic carbocycles. The maximum atomic E-state index is 13.0. The van der Waals surface area contributed by atoms with E-state index in [4.69, 9.17) is 26.0 Å². The van der Waals surface area contributed by atoms with E-state index in [1.165, 1.54) is 0 Å². The van der Waals surface area contributed by atoms with Crippen molar-refractivity contribution < 1.29 is 13.9 Å². The van der Waals surface area contributed by atoms with E-state index in [2.05, 4.69) is 21.0 Å². The van der Waals surface area contributed by atoms with Gasteiger partial charge < -0.3 is 19.0 Å². The molecule has 0 bridgehead atoms. The Bertz CT molecular complexity index is 1240. The molecule has 2 fully saturated rings. The van der Waals surface area contributed by atoms with Crippen LogP contribution in [-0.4, -0.2) is 58.5 Å². The van der Waals surface area contributed by atoms with Crippen molar-refractivity contribution in [1.29, 1.82) is 5.26 Å². The number of nitriles is 1. The molecule has 0 atom stereocenters. The lowest BCUT2D eigenvalue weighted by atomic mass is 10.1. The number of halogens is 1. The fourth-order valence-electron chi connectivity index (χ4n) is 3.97. The molecule has 1 saturated heterocycles. The Kier molecular flexibility index (Phi) is 5.54. The maximum Gasteiger partial charge on any atom is 0.300 e. The minimum atomic E-state index is -0.0639. The summed E-state index contributed by atoms with van der Waals surface area (Å²) in [5.74, 6) is 0.455. The van der Waals surface area contributed by atoms with Crippen molar-refractivity contribution in [2.75, 3.05) is 37.7 Å². The van der Waals surface area contributed by atoms with E-state index < -0.39 is 0 Å². The number of ether oxygens (including phenoxy) is 1. The normalized spacial score (nSPS) is 17.1. The van der Waals surface area contributed by atoms with Crippen molar-refractivity contribution in [3.8, 4) is 11.9 Å².